The number of methoxy groups -OCH3 is 1. The van der Waals surface area contributed by atoms with Crippen molar-refractivity contribution in [3.8, 4) is 0 Å². The summed E-state index contributed by atoms with van der Waals surface area (Å²) in [4.78, 5) is 18.1. The summed E-state index contributed by atoms with van der Waals surface area (Å²) >= 11 is 0. The normalized spacial score (nSPS) is 14.3. The van der Waals surface area contributed by atoms with Gasteiger partial charge in [0.25, 0.3) is 0 Å². The summed E-state index contributed by atoms with van der Waals surface area (Å²) in [6, 6.07) is 0. The number of esters is 1. The summed E-state index contributed by atoms with van der Waals surface area (Å²) in [6.07, 6.45) is -0.654. The number of aliphatic hydroxyl groups is 2. The molecule has 0 amide bonds. The standard InChI is InChI=1S/C8H11N3O4/c1-15-7(14)6(13)5(12)4-2-10-8(9)11-3-4/h2-3,5-6,12-13H,1H3,(H2,9,10,11). The van der Waals surface area contributed by atoms with Crippen LogP contribution in [0.5, 0.6) is 0 Å². The van der Waals surface area contributed by atoms with Gasteiger partial charge >= 0.3 is 5.97 Å². The summed E-state index contributed by atoms with van der Waals surface area (Å²) in [5.74, 6) is -0.891. The minimum absolute atomic E-state index is 0.0403. The molecule has 0 aliphatic heterocycles. The molecular weight excluding hydrogens is 202 g/mol. The summed E-state index contributed by atoms with van der Waals surface area (Å²) in [5, 5.41) is 18.8. The Balaban J connectivity index is 2.80. The molecule has 1 aromatic rings. The Morgan fingerprint density at radius 1 is 1.47 bits per heavy atom. The van der Waals surface area contributed by atoms with Crippen LogP contribution in [-0.2, 0) is 9.53 Å². The van der Waals surface area contributed by atoms with Gasteiger partial charge in [-0.2, -0.15) is 0 Å². The van der Waals surface area contributed by atoms with Crippen molar-refractivity contribution in [2.45, 2.75) is 12.2 Å². The fraction of sp³-hybridized carbons (Fsp3) is 0.375. The van der Waals surface area contributed by atoms with E-state index in [4.69, 9.17) is 5.73 Å². The van der Waals surface area contributed by atoms with Gasteiger partial charge in [-0.1, -0.05) is 0 Å². The van der Waals surface area contributed by atoms with Crippen LogP contribution in [0, 0.1) is 0 Å². The molecule has 4 N–H and O–H groups in total. The number of nitrogens with two attached hydrogens (primary N) is 1. The zero-order valence-electron chi connectivity index (χ0n) is 7.99. The van der Waals surface area contributed by atoms with Gasteiger partial charge in [-0.05, 0) is 0 Å². The number of anilines is 1. The summed E-state index contributed by atoms with van der Waals surface area (Å²) in [7, 11) is 1.11. The lowest BCUT2D eigenvalue weighted by Crippen LogP contribution is -2.29. The number of aromatic nitrogens is 2. The van der Waals surface area contributed by atoms with Gasteiger partial charge in [-0.25, -0.2) is 14.8 Å². The third kappa shape index (κ3) is 2.61. The molecule has 0 bridgehead atoms. The number of carbonyl (C=O) groups excluding carboxylic acids is 1. The van der Waals surface area contributed by atoms with Crippen molar-refractivity contribution in [1.82, 2.24) is 9.97 Å². The van der Waals surface area contributed by atoms with Gasteiger partial charge in [0.1, 0.15) is 6.10 Å². The molecule has 0 aliphatic rings. The van der Waals surface area contributed by atoms with E-state index in [9.17, 15) is 15.0 Å². The lowest BCUT2D eigenvalue weighted by atomic mass is 10.1. The Bertz CT molecular complexity index is 340. The third-order valence-electron chi connectivity index (χ3n) is 1.78. The Labute approximate surface area is 85.5 Å². The van der Waals surface area contributed by atoms with Crippen molar-refractivity contribution in [1.29, 1.82) is 0 Å². The first kappa shape index (κ1) is 11.3. The first-order valence-corrected chi connectivity index (χ1v) is 4.07. The zero-order chi connectivity index (χ0) is 11.4. The van der Waals surface area contributed by atoms with Gasteiger partial charge in [0.05, 0.1) is 7.11 Å². The van der Waals surface area contributed by atoms with E-state index in [1.54, 1.807) is 0 Å². The molecule has 82 valence electrons. The van der Waals surface area contributed by atoms with E-state index in [1.165, 1.54) is 12.4 Å². The second-order valence-electron chi connectivity index (χ2n) is 2.79. The largest absolute Gasteiger partial charge is 0.467 e. The zero-order valence-corrected chi connectivity index (χ0v) is 7.99. The van der Waals surface area contributed by atoms with Crippen LogP contribution in [0.3, 0.4) is 0 Å². The fourth-order valence-electron chi connectivity index (χ4n) is 0.933. The van der Waals surface area contributed by atoms with E-state index in [1.807, 2.05) is 0 Å². The molecule has 0 aliphatic carbocycles. The summed E-state index contributed by atoms with van der Waals surface area (Å²) in [6.45, 7) is 0. The smallest absolute Gasteiger partial charge is 0.337 e. The summed E-state index contributed by atoms with van der Waals surface area (Å²) < 4.78 is 4.26. The van der Waals surface area contributed by atoms with E-state index >= 15 is 0 Å². The maximum absolute atomic E-state index is 10.9. The fourth-order valence-corrected chi connectivity index (χ4v) is 0.933. The van der Waals surface area contributed by atoms with Gasteiger partial charge in [-0.15, -0.1) is 0 Å². The Hall–Kier alpha value is -1.73. The number of hydrogen-bond acceptors (Lipinski definition) is 7. The molecule has 0 saturated carbocycles. The first-order valence-electron chi connectivity index (χ1n) is 4.07. The monoisotopic (exact) mass is 213 g/mol. The van der Waals surface area contributed by atoms with E-state index in [0.717, 1.165) is 7.11 Å². The summed E-state index contributed by atoms with van der Waals surface area (Å²) in [5.41, 5.74) is 5.41. The molecule has 0 spiro atoms. The molecule has 0 fully saturated rings. The molecule has 2 atom stereocenters. The molecule has 1 aromatic heterocycles. The molecule has 7 nitrogen and oxygen atoms in total. The highest BCUT2D eigenvalue weighted by molar-refractivity contribution is 5.75. The van der Waals surface area contributed by atoms with Crippen molar-refractivity contribution in [2.75, 3.05) is 12.8 Å². The van der Waals surface area contributed by atoms with E-state index in [-0.39, 0.29) is 11.5 Å². The number of aliphatic hydroxyl groups excluding tert-OH is 2. The number of nitrogens with zero attached hydrogens (tertiary/aromatic N) is 2. The Kier molecular flexibility index (Phi) is 3.53. The van der Waals surface area contributed by atoms with Gasteiger partial charge in [0.15, 0.2) is 6.10 Å². The predicted octanol–water partition coefficient (Wildman–Crippen LogP) is -1.37. The lowest BCUT2D eigenvalue weighted by Gasteiger charge is -2.14. The van der Waals surface area contributed by atoms with Crippen LogP contribution in [0.2, 0.25) is 0 Å². The minimum Gasteiger partial charge on any atom is -0.467 e. The van der Waals surface area contributed by atoms with Crippen LogP contribution in [0.4, 0.5) is 5.95 Å². The molecule has 0 saturated heterocycles. The van der Waals surface area contributed by atoms with Gasteiger partial charge < -0.3 is 20.7 Å². The second-order valence-corrected chi connectivity index (χ2v) is 2.79. The average Bonchev–Trinajstić information content (AvgIpc) is 2.27. The number of nitrogen functional groups attached to an aromatic ring is 1. The number of hydrogen-bond donors (Lipinski definition) is 3. The second kappa shape index (κ2) is 4.67. The molecule has 1 rings (SSSR count). The molecule has 15 heavy (non-hydrogen) atoms. The van der Waals surface area contributed by atoms with E-state index < -0.39 is 18.2 Å². The van der Waals surface area contributed by atoms with Crippen molar-refractivity contribution < 1.29 is 19.7 Å². The van der Waals surface area contributed by atoms with Crippen LogP contribution >= 0.6 is 0 Å². The van der Waals surface area contributed by atoms with Crippen LogP contribution in [0.1, 0.15) is 11.7 Å². The highest BCUT2D eigenvalue weighted by atomic mass is 16.5. The maximum atomic E-state index is 10.9. The van der Waals surface area contributed by atoms with Crippen LogP contribution in [0.15, 0.2) is 12.4 Å². The number of carbonyl (C=O) groups is 1. The SMILES string of the molecule is COC(=O)C(O)C(O)c1cnc(N)nc1. The molecule has 0 radical (unpaired) electrons. The molecule has 2 unspecified atom stereocenters. The van der Waals surface area contributed by atoms with Crippen LogP contribution < -0.4 is 5.73 Å². The Morgan fingerprint density at radius 3 is 2.47 bits per heavy atom. The van der Waals surface area contributed by atoms with Crippen molar-refractivity contribution in [2.24, 2.45) is 0 Å². The quantitative estimate of drug-likeness (QED) is 0.530. The third-order valence-corrected chi connectivity index (χ3v) is 1.78. The Morgan fingerprint density at radius 2 is 2.00 bits per heavy atom. The van der Waals surface area contributed by atoms with E-state index in [2.05, 4.69) is 14.7 Å². The average molecular weight is 213 g/mol. The maximum Gasteiger partial charge on any atom is 0.337 e. The van der Waals surface area contributed by atoms with Gasteiger partial charge in [0, 0.05) is 18.0 Å². The topological polar surface area (TPSA) is 119 Å². The lowest BCUT2D eigenvalue weighted by molar-refractivity contribution is -0.156. The highest BCUT2D eigenvalue weighted by Gasteiger charge is 2.26. The molecule has 1 heterocycles. The van der Waals surface area contributed by atoms with Gasteiger partial charge in [0.2, 0.25) is 5.95 Å². The van der Waals surface area contributed by atoms with Crippen molar-refractivity contribution in [3.05, 3.63) is 18.0 Å². The van der Waals surface area contributed by atoms with Gasteiger partial charge in [-0.3, -0.25) is 0 Å². The van der Waals surface area contributed by atoms with Crippen LogP contribution in [-0.4, -0.2) is 39.4 Å². The molecular formula is C8H11N3O4. The number of ether oxygens (including phenoxy) is 1. The first-order chi connectivity index (χ1) is 7.06. The van der Waals surface area contributed by atoms with Crippen molar-refractivity contribution >= 4 is 11.9 Å². The minimum atomic E-state index is -1.66. The van der Waals surface area contributed by atoms with Crippen LogP contribution in [0.25, 0.3) is 0 Å². The predicted molar refractivity (Wildman–Crippen MR) is 49.4 cm³/mol. The van der Waals surface area contributed by atoms with Crippen molar-refractivity contribution in [3.63, 3.8) is 0 Å². The molecule has 0 aromatic carbocycles. The molecule has 7 heteroatoms. The number of rotatable bonds is 3. The van der Waals surface area contributed by atoms with E-state index in [0.29, 0.717) is 0 Å². The highest BCUT2D eigenvalue weighted by Crippen LogP contribution is 2.16.